The van der Waals surface area contributed by atoms with E-state index < -0.39 is 30.1 Å². The molecule has 1 heterocycles. The highest BCUT2D eigenvalue weighted by Crippen LogP contribution is 2.18. The van der Waals surface area contributed by atoms with E-state index in [9.17, 15) is 14.7 Å². The summed E-state index contributed by atoms with van der Waals surface area (Å²) in [7, 11) is 0. The van der Waals surface area contributed by atoms with Gasteiger partial charge in [-0.05, 0) is 6.92 Å². The van der Waals surface area contributed by atoms with Crippen molar-refractivity contribution in [1.29, 1.82) is 0 Å². The minimum atomic E-state index is -1.10. The summed E-state index contributed by atoms with van der Waals surface area (Å²) < 4.78 is 0. The number of amides is 1. The van der Waals surface area contributed by atoms with Crippen LogP contribution in [0.5, 0.6) is 0 Å². The fourth-order valence-corrected chi connectivity index (χ4v) is 1.55. The van der Waals surface area contributed by atoms with Gasteiger partial charge in [0.1, 0.15) is 6.04 Å². The minimum Gasteiger partial charge on any atom is -0.480 e. The largest absolute Gasteiger partial charge is 0.480 e. The minimum absolute atomic E-state index is 0.0529. The normalized spacial score (nSPS) is 28.9. The molecule has 3 atom stereocenters. The first-order chi connectivity index (χ1) is 6.43. The Morgan fingerprint density at radius 3 is 2.57 bits per heavy atom. The van der Waals surface area contributed by atoms with E-state index in [1.807, 2.05) is 0 Å². The van der Waals surface area contributed by atoms with Crippen molar-refractivity contribution in [2.75, 3.05) is 6.54 Å². The van der Waals surface area contributed by atoms with E-state index in [1.165, 1.54) is 6.92 Å². The fourth-order valence-electron chi connectivity index (χ4n) is 1.55. The maximum Gasteiger partial charge on any atom is 0.326 e. The number of nitrogens with two attached hydrogens (primary N) is 1. The number of aliphatic carboxylic acids is 1. The van der Waals surface area contributed by atoms with Gasteiger partial charge in [0.2, 0.25) is 5.91 Å². The molecule has 1 rings (SSSR count). The van der Waals surface area contributed by atoms with Crippen LogP contribution in [0.2, 0.25) is 0 Å². The molecule has 6 nitrogen and oxygen atoms in total. The van der Waals surface area contributed by atoms with E-state index in [4.69, 9.17) is 10.8 Å². The molecule has 0 aliphatic carbocycles. The number of rotatable bonds is 2. The molecular weight excluding hydrogens is 188 g/mol. The van der Waals surface area contributed by atoms with Crippen molar-refractivity contribution in [2.24, 2.45) is 5.73 Å². The van der Waals surface area contributed by atoms with E-state index in [-0.39, 0.29) is 13.0 Å². The number of carboxylic acids is 1. The van der Waals surface area contributed by atoms with Gasteiger partial charge in [-0.15, -0.1) is 0 Å². The summed E-state index contributed by atoms with van der Waals surface area (Å²) in [5.41, 5.74) is 5.36. The number of aliphatic hydroxyl groups excluding tert-OH is 1. The molecule has 0 aromatic heterocycles. The molecule has 0 aromatic rings. The number of carboxylic acid groups (broad SMARTS) is 1. The summed E-state index contributed by atoms with van der Waals surface area (Å²) >= 11 is 0. The smallest absolute Gasteiger partial charge is 0.326 e. The van der Waals surface area contributed by atoms with Crippen LogP contribution in [0.4, 0.5) is 0 Å². The lowest BCUT2D eigenvalue weighted by atomic mass is 10.2. The molecule has 14 heavy (non-hydrogen) atoms. The third kappa shape index (κ3) is 2.02. The molecule has 1 aliphatic rings. The molecule has 0 saturated carbocycles. The van der Waals surface area contributed by atoms with E-state index in [1.54, 1.807) is 0 Å². The predicted octanol–water partition coefficient (Wildman–Crippen LogP) is -1.62. The number of β-amino-alcohol motifs (C(OH)–C–C–N with tert-alkyl or cyclic N) is 1. The lowest BCUT2D eigenvalue weighted by Gasteiger charge is -2.22. The van der Waals surface area contributed by atoms with Crippen molar-refractivity contribution in [3.05, 3.63) is 0 Å². The summed E-state index contributed by atoms with van der Waals surface area (Å²) in [5, 5.41) is 18.0. The zero-order chi connectivity index (χ0) is 10.9. The van der Waals surface area contributed by atoms with Crippen LogP contribution >= 0.6 is 0 Å². The van der Waals surface area contributed by atoms with Gasteiger partial charge >= 0.3 is 5.97 Å². The van der Waals surface area contributed by atoms with Gasteiger partial charge in [0.05, 0.1) is 12.1 Å². The molecule has 4 N–H and O–H groups in total. The molecule has 0 bridgehead atoms. The molecule has 0 aromatic carbocycles. The molecule has 1 unspecified atom stereocenters. The average Bonchev–Trinajstić information content (AvgIpc) is 2.45. The van der Waals surface area contributed by atoms with Gasteiger partial charge in [0.15, 0.2) is 0 Å². The van der Waals surface area contributed by atoms with Crippen LogP contribution in [-0.2, 0) is 9.59 Å². The van der Waals surface area contributed by atoms with Crippen LogP contribution in [0.1, 0.15) is 13.3 Å². The molecule has 1 aliphatic heterocycles. The quantitative estimate of drug-likeness (QED) is 0.499. The number of likely N-dealkylation sites (tertiary alicyclic amines) is 1. The summed E-state index contributed by atoms with van der Waals surface area (Å²) in [5.74, 6) is -1.54. The van der Waals surface area contributed by atoms with Gasteiger partial charge in [-0.1, -0.05) is 0 Å². The van der Waals surface area contributed by atoms with Crippen LogP contribution in [0, 0.1) is 0 Å². The standard InChI is InChI=1S/C8H14N2O4/c1-4(9)7(12)10-3-5(11)2-6(10)8(13)14/h4-6,11H,2-3,9H2,1H3,(H,13,14)/t4?,5-,6+/m1/s1. The Morgan fingerprint density at radius 1 is 1.57 bits per heavy atom. The average molecular weight is 202 g/mol. The van der Waals surface area contributed by atoms with E-state index in [2.05, 4.69) is 0 Å². The van der Waals surface area contributed by atoms with Crippen LogP contribution in [0.3, 0.4) is 0 Å². The van der Waals surface area contributed by atoms with Gasteiger partial charge < -0.3 is 20.8 Å². The van der Waals surface area contributed by atoms with Crippen molar-refractivity contribution in [2.45, 2.75) is 31.5 Å². The molecule has 1 fully saturated rings. The first-order valence-electron chi connectivity index (χ1n) is 4.40. The summed E-state index contributed by atoms with van der Waals surface area (Å²) in [6, 6.07) is -1.68. The highest BCUT2D eigenvalue weighted by Gasteiger charge is 2.39. The Labute approximate surface area is 81.3 Å². The Hall–Kier alpha value is -1.14. The second kappa shape index (κ2) is 3.93. The van der Waals surface area contributed by atoms with Gasteiger partial charge in [-0.25, -0.2) is 4.79 Å². The highest BCUT2D eigenvalue weighted by molar-refractivity contribution is 5.87. The molecule has 0 radical (unpaired) electrons. The molecular formula is C8H14N2O4. The Kier molecular flexibility index (Phi) is 3.07. The van der Waals surface area contributed by atoms with Crippen molar-refractivity contribution in [3.63, 3.8) is 0 Å². The van der Waals surface area contributed by atoms with Crippen LogP contribution in [0.25, 0.3) is 0 Å². The number of nitrogens with zero attached hydrogens (tertiary/aromatic N) is 1. The Balaban J connectivity index is 2.76. The monoisotopic (exact) mass is 202 g/mol. The number of carbonyl (C=O) groups is 2. The predicted molar refractivity (Wildman–Crippen MR) is 47.4 cm³/mol. The fraction of sp³-hybridized carbons (Fsp3) is 0.750. The molecule has 1 saturated heterocycles. The van der Waals surface area contributed by atoms with Gasteiger partial charge in [0.25, 0.3) is 0 Å². The van der Waals surface area contributed by atoms with Gasteiger partial charge in [-0.3, -0.25) is 4.79 Å². The number of carbonyl (C=O) groups excluding carboxylic acids is 1. The lowest BCUT2D eigenvalue weighted by molar-refractivity contribution is -0.148. The van der Waals surface area contributed by atoms with E-state index >= 15 is 0 Å². The van der Waals surface area contributed by atoms with Crippen LogP contribution < -0.4 is 5.73 Å². The van der Waals surface area contributed by atoms with Crippen molar-refractivity contribution >= 4 is 11.9 Å². The zero-order valence-corrected chi connectivity index (χ0v) is 7.88. The summed E-state index contributed by atoms with van der Waals surface area (Å²) in [6.45, 7) is 1.54. The van der Waals surface area contributed by atoms with E-state index in [0.717, 1.165) is 4.90 Å². The van der Waals surface area contributed by atoms with Crippen LogP contribution in [0.15, 0.2) is 0 Å². The number of aliphatic hydroxyl groups is 1. The van der Waals surface area contributed by atoms with Gasteiger partial charge in [0, 0.05) is 13.0 Å². The lowest BCUT2D eigenvalue weighted by Crippen LogP contribution is -2.47. The zero-order valence-electron chi connectivity index (χ0n) is 7.88. The second-order valence-corrected chi connectivity index (χ2v) is 3.52. The first-order valence-corrected chi connectivity index (χ1v) is 4.40. The molecule has 6 heteroatoms. The topological polar surface area (TPSA) is 104 Å². The summed E-state index contributed by atoms with van der Waals surface area (Å²) in [4.78, 5) is 23.3. The molecule has 0 spiro atoms. The SMILES string of the molecule is CC(N)C(=O)N1C[C@H](O)C[C@H]1C(=O)O. The molecule has 1 amide bonds. The van der Waals surface area contributed by atoms with Crippen molar-refractivity contribution < 1.29 is 19.8 Å². The maximum absolute atomic E-state index is 11.4. The van der Waals surface area contributed by atoms with Crippen molar-refractivity contribution in [3.8, 4) is 0 Å². The second-order valence-electron chi connectivity index (χ2n) is 3.52. The Morgan fingerprint density at radius 2 is 2.14 bits per heavy atom. The van der Waals surface area contributed by atoms with E-state index in [0.29, 0.717) is 0 Å². The first kappa shape index (κ1) is 10.9. The molecule has 80 valence electrons. The Bertz CT molecular complexity index is 254. The highest BCUT2D eigenvalue weighted by atomic mass is 16.4. The maximum atomic E-state index is 11.4. The van der Waals surface area contributed by atoms with Crippen LogP contribution in [-0.4, -0.2) is 51.7 Å². The number of hydrogen-bond acceptors (Lipinski definition) is 4. The third-order valence-electron chi connectivity index (χ3n) is 2.24. The third-order valence-corrected chi connectivity index (χ3v) is 2.24. The summed E-state index contributed by atoms with van der Waals surface area (Å²) in [6.07, 6.45) is -0.688. The number of hydrogen-bond donors (Lipinski definition) is 3. The van der Waals surface area contributed by atoms with Gasteiger partial charge in [-0.2, -0.15) is 0 Å². The van der Waals surface area contributed by atoms with Crippen molar-refractivity contribution in [1.82, 2.24) is 4.90 Å².